The number of thiophene rings is 1. The average molecular weight is 433 g/mol. The van der Waals surface area contributed by atoms with Gasteiger partial charge < -0.3 is 14.5 Å². The van der Waals surface area contributed by atoms with Crippen LogP contribution in [0.4, 0.5) is 11.8 Å². The van der Waals surface area contributed by atoms with Gasteiger partial charge in [-0.1, -0.05) is 30.3 Å². The van der Waals surface area contributed by atoms with Crippen molar-refractivity contribution in [1.29, 1.82) is 0 Å². The quantitative estimate of drug-likeness (QED) is 0.472. The zero-order chi connectivity index (χ0) is 21.0. The molecule has 8 heteroatoms. The summed E-state index contributed by atoms with van der Waals surface area (Å²) in [5.74, 6) is 2.50. The number of methoxy groups -OCH3 is 1. The Labute approximate surface area is 185 Å². The van der Waals surface area contributed by atoms with Crippen LogP contribution in [0.15, 0.2) is 54.2 Å². The summed E-state index contributed by atoms with van der Waals surface area (Å²) in [4.78, 5) is 24.2. The predicted octanol–water partition coefficient (Wildman–Crippen LogP) is 4.01. The smallest absolute Gasteiger partial charge is 0.225 e. The van der Waals surface area contributed by atoms with Gasteiger partial charge in [0.05, 0.1) is 5.39 Å². The van der Waals surface area contributed by atoms with E-state index in [2.05, 4.69) is 49.4 Å². The van der Waals surface area contributed by atoms with Crippen LogP contribution < -0.4 is 9.80 Å². The third-order valence-corrected chi connectivity index (χ3v) is 6.32. The van der Waals surface area contributed by atoms with Crippen LogP contribution >= 0.6 is 11.3 Å². The van der Waals surface area contributed by atoms with Gasteiger partial charge in [-0.15, -0.1) is 11.3 Å². The number of fused-ring (bicyclic) bond motifs is 1. The maximum atomic E-state index is 5.35. The van der Waals surface area contributed by atoms with Crippen molar-refractivity contribution in [2.24, 2.45) is 0 Å². The van der Waals surface area contributed by atoms with Crippen molar-refractivity contribution in [2.45, 2.75) is 13.0 Å². The van der Waals surface area contributed by atoms with E-state index in [1.165, 1.54) is 11.1 Å². The number of hydrogen-bond acceptors (Lipinski definition) is 8. The van der Waals surface area contributed by atoms with E-state index in [1.54, 1.807) is 30.8 Å². The predicted molar refractivity (Wildman–Crippen MR) is 125 cm³/mol. The summed E-state index contributed by atoms with van der Waals surface area (Å²) in [5, 5.41) is 3.32. The Balaban J connectivity index is 1.54. The van der Waals surface area contributed by atoms with E-state index in [1.807, 2.05) is 12.1 Å². The van der Waals surface area contributed by atoms with Crippen molar-refractivity contribution in [3.05, 3.63) is 60.0 Å². The Morgan fingerprint density at radius 1 is 0.935 bits per heavy atom. The highest BCUT2D eigenvalue weighted by molar-refractivity contribution is 7.17. The summed E-state index contributed by atoms with van der Waals surface area (Å²) in [6.45, 7) is 3.95. The fraction of sp³-hybridized carbons (Fsp3) is 0.304. The summed E-state index contributed by atoms with van der Waals surface area (Å²) in [5.41, 5.74) is 2.37. The highest BCUT2D eigenvalue weighted by Gasteiger charge is 2.23. The lowest BCUT2D eigenvalue weighted by atomic mass is 10.1. The lowest BCUT2D eigenvalue weighted by Crippen LogP contribution is -2.32. The van der Waals surface area contributed by atoms with Gasteiger partial charge in [0.25, 0.3) is 0 Å². The van der Waals surface area contributed by atoms with Crippen molar-refractivity contribution in [3.63, 3.8) is 0 Å². The van der Waals surface area contributed by atoms with E-state index in [-0.39, 0.29) is 0 Å². The molecule has 1 saturated heterocycles. The molecule has 7 nitrogen and oxygen atoms in total. The van der Waals surface area contributed by atoms with Gasteiger partial charge in [0.15, 0.2) is 5.82 Å². The molecule has 5 rings (SSSR count). The van der Waals surface area contributed by atoms with Crippen molar-refractivity contribution < 1.29 is 4.74 Å². The number of benzene rings is 1. The number of rotatable bonds is 5. The summed E-state index contributed by atoms with van der Waals surface area (Å²) in [6.07, 6.45) is 4.61. The van der Waals surface area contributed by atoms with Gasteiger partial charge in [-0.25, -0.2) is 19.9 Å². The number of aromatic nitrogens is 4. The first-order valence-corrected chi connectivity index (χ1v) is 11.3. The van der Waals surface area contributed by atoms with Crippen molar-refractivity contribution in [3.8, 4) is 11.1 Å². The van der Waals surface area contributed by atoms with Crippen LogP contribution in [-0.2, 0) is 11.3 Å². The van der Waals surface area contributed by atoms with E-state index in [9.17, 15) is 0 Å². The Morgan fingerprint density at radius 3 is 2.52 bits per heavy atom. The molecule has 4 heterocycles. The molecule has 0 saturated carbocycles. The molecular formula is C23H24N6OS. The molecule has 0 aliphatic carbocycles. The third kappa shape index (κ3) is 4.08. The van der Waals surface area contributed by atoms with E-state index < -0.39 is 0 Å². The summed E-state index contributed by atoms with van der Waals surface area (Å²) >= 11 is 1.67. The minimum absolute atomic E-state index is 0.402. The first kappa shape index (κ1) is 19.8. The molecule has 31 heavy (non-hydrogen) atoms. The summed E-state index contributed by atoms with van der Waals surface area (Å²) in [7, 11) is 1.68. The molecule has 0 atom stereocenters. The number of nitrogens with zero attached hydrogens (tertiary/aromatic N) is 6. The maximum Gasteiger partial charge on any atom is 0.225 e. The van der Waals surface area contributed by atoms with Gasteiger partial charge in [-0.05, 0) is 18.1 Å². The van der Waals surface area contributed by atoms with Crippen LogP contribution in [0.5, 0.6) is 0 Å². The maximum absolute atomic E-state index is 5.35. The van der Waals surface area contributed by atoms with Gasteiger partial charge in [-0.3, -0.25) is 0 Å². The highest BCUT2D eigenvalue weighted by atomic mass is 32.1. The van der Waals surface area contributed by atoms with E-state index in [0.717, 1.165) is 60.4 Å². The summed E-state index contributed by atoms with van der Waals surface area (Å²) < 4.78 is 5.35. The Kier molecular flexibility index (Phi) is 5.73. The van der Waals surface area contributed by atoms with Crippen LogP contribution in [0, 0.1) is 0 Å². The lowest BCUT2D eigenvalue weighted by Gasteiger charge is -2.24. The molecule has 0 N–H and O–H groups in total. The molecule has 3 aromatic heterocycles. The van der Waals surface area contributed by atoms with Crippen LogP contribution in [0.3, 0.4) is 0 Å². The van der Waals surface area contributed by atoms with Crippen LogP contribution in [-0.4, -0.2) is 53.2 Å². The third-order valence-electron chi connectivity index (χ3n) is 5.45. The number of ether oxygens (including phenoxy) is 1. The number of hydrogen-bond donors (Lipinski definition) is 0. The zero-order valence-corrected chi connectivity index (χ0v) is 18.3. The monoisotopic (exact) mass is 432 g/mol. The van der Waals surface area contributed by atoms with E-state index in [0.29, 0.717) is 6.61 Å². The molecule has 158 valence electrons. The van der Waals surface area contributed by atoms with E-state index in [4.69, 9.17) is 14.7 Å². The molecule has 0 bridgehead atoms. The first-order chi connectivity index (χ1) is 15.3. The van der Waals surface area contributed by atoms with Crippen LogP contribution in [0.2, 0.25) is 0 Å². The molecule has 1 aliphatic heterocycles. The molecule has 0 unspecified atom stereocenters. The molecule has 0 spiro atoms. The second kappa shape index (κ2) is 8.95. The summed E-state index contributed by atoms with van der Waals surface area (Å²) in [6, 6.07) is 12.3. The van der Waals surface area contributed by atoms with Gasteiger partial charge in [-0.2, -0.15) is 0 Å². The molecule has 1 fully saturated rings. The normalized spacial score (nSPS) is 14.7. The van der Waals surface area contributed by atoms with E-state index >= 15 is 0 Å². The second-order valence-corrected chi connectivity index (χ2v) is 8.33. The second-order valence-electron chi connectivity index (χ2n) is 7.47. The average Bonchev–Trinajstić information content (AvgIpc) is 3.09. The topological polar surface area (TPSA) is 67.3 Å². The van der Waals surface area contributed by atoms with Gasteiger partial charge in [0.1, 0.15) is 17.3 Å². The van der Waals surface area contributed by atoms with Crippen molar-refractivity contribution in [1.82, 2.24) is 19.9 Å². The number of anilines is 2. The molecule has 4 aromatic rings. The largest absolute Gasteiger partial charge is 0.377 e. The standard InChI is InChI=1S/C23H24N6OS/c1-30-15-19-26-21(20-18(16-31-22(20)27-19)17-7-3-2-4-8-17)28-11-6-12-29(14-13-28)23-24-9-5-10-25-23/h2-5,7-10,16H,6,11-15H2,1H3. The van der Waals surface area contributed by atoms with Gasteiger partial charge >= 0.3 is 0 Å². The van der Waals surface area contributed by atoms with Gasteiger partial charge in [0.2, 0.25) is 5.95 Å². The minimum Gasteiger partial charge on any atom is -0.377 e. The van der Waals surface area contributed by atoms with Gasteiger partial charge in [0, 0.05) is 56.6 Å². The molecule has 0 amide bonds. The van der Waals surface area contributed by atoms with Crippen LogP contribution in [0.1, 0.15) is 12.2 Å². The SMILES string of the molecule is COCc1nc(N2CCCN(c3ncccn3)CC2)c2c(-c3ccccc3)csc2n1. The lowest BCUT2D eigenvalue weighted by molar-refractivity contribution is 0.178. The molecule has 0 radical (unpaired) electrons. The van der Waals surface area contributed by atoms with Crippen molar-refractivity contribution >= 4 is 33.3 Å². The molecular weight excluding hydrogens is 408 g/mol. The minimum atomic E-state index is 0.402. The van der Waals surface area contributed by atoms with Crippen molar-refractivity contribution in [2.75, 3.05) is 43.1 Å². The molecule has 1 aliphatic rings. The zero-order valence-electron chi connectivity index (χ0n) is 17.4. The first-order valence-electron chi connectivity index (χ1n) is 10.4. The Bertz CT molecular complexity index is 1150. The Morgan fingerprint density at radius 2 is 1.71 bits per heavy atom. The highest BCUT2D eigenvalue weighted by Crippen LogP contribution is 2.38. The fourth-order valence-corrected chi connectivity index (χ4v) is 4.96. The fourth-order valence-electron chi connectivity index (χ4n) is 4.00. The molecule has 1 aromatic carbocycles. The van der Waals surface area contributed by atoms with Crippen LogP contribution in [0.25, 0.3) is 21.3 Å². The Hall–Kier alpha value is -3.10.